The Morgan fingerprint density at radius 2 is 2.33 bits per heavy atom. The van der Waals surface area contributed by atoms with Crippen LogP contribution in [-0.2, 0) is 0 Å². The topological polar surface area (TPSA) is 55.3 Å². The molecule has 1 rings (SSSR count). The molecule has 0 radical (unpaired) electrons. The number of rotatable bonds is 1. The minimum Gasteiger partial charge on any atom is -0.326 e. The van der Waals surface area contributed by atoms with Crippen LogP contribution >= 0.6 is 0 Å². The molecule has 2 unspecified atom stereocenters. The summed E-state index contributed by atoms with van der Waals surface area (Å²) >= 11 is 0. The van der Waals surface area contributed by atoms with Gasteiger partial charge in [0.05, 0.1) is 0 Å². The molecule has 0 aliphatic carbocycles. The van der Waals surface area contributed by atoms with Gasteiger partial charge in [-0.25, -0.2) is 5.01 Å². The van der Waals surface area contributed by atoms with E-state index < -0.39 is 0 Å². The third-order valence-electron chi connectivity index (χ3n) is 2.06. The lowest BCUT2D eigenvalue weighted by Gasteiger charge is -2.19. The highest BCUT2D eigenvalue weighted by Gasteiger charge is 2.27. The van der Waals surface area contributed by atoms with E-state index in [9.17, 15) is 0 Å². The van der Waals surface area contributed by atoms with Crippen molar-refractivity contribution in [3.8, 4) is 0 Å². The predicted octanol–water partition coefficient (Wildman–Crippen LogP) is -0.328. The van der Waals surface area contributed by atoms with E-state index in [1.54, 1.807) is 0 Å². The van der Waals surface area contributed by atoms with Crippen LogP contribution < -0.4 is 11.6 Å². The molecule has 1 fully saturated rings. The molecule has 4 N–H and O–H groups in total. The first kappa shape index (κ1) is 6.99. The lowest BCUT2D eigenvalue weighted by molar-refractivity contribution is 0.246. The normalized spacial score (nSPS) is 37.7. The third kappa shape index (κ3) is 1.23. The minimum atomic E-state index is 0.306. The van der Waals surface area contributed by atoms with Gasteiger partial charge in [-0.3, -0.25) is 5.84 Å². The zero-order valence-electron chi connectivity index (χ0n) is 5.88. The highest BCUT2D eigenvalue weighted by molar-refractivity contribution is 4.85. The molecule has 1 heterocycles. The number of nitrogens with zero attached hydrogens (tertiary/aromatic N) is 1. The Bertz CT molecular complexity index is 84.3. The van der Waals surface area contributed by atoms with Crippen molar-refractivity contribution in [1.29, 1.82) is 0 Å². The maximum atomic E-state index is 5.76. The summed E-state index contributed by atoms with van der Waals surface area (Å²) < 4.78 is 0. The standard InChI is InChI=1S/C6H15N3/c1-2-6-5(7)3-4-9(6)8/h5-6H,2-4,7-8H2,1H3. The van der Waals surface area contributed by atoms with E-state index in [2.05, 4.69) is 6.92 Å². The van der Waals surface area contributed by atoms with Crippen LogP contribution in [0.3, 0.4) is 0 Å². The van der Waals surface area contributed by atoms with Gasteiger partial charge in [-0.05, 0) is 12.8 Å². The lowest BCUT2D eigenvalue weighted by Crippen LogP contribution is -2.42. The molecular formula is C6H15N3. The van der Waals surface area contributed by atoms with Crippen molar-refractivity contribution in [1.82, 2.24) is 5.01 Å². The maximum Gasteiger partial charge on any atom is 0.0390 e. The average molecular weight is 129 g/mol. The van der Waals surface area contributed by atoms with Crippen LogP contribution in [0.15, 0.2) is 0 Å². The van der Waals surface area contributed by atoms with Crippen LogP contribution in [0.5, 0.6) is 0 Å². The van der Waals surface area contributed by atoms with E-state index >= 15 is 0 Å². The monoisotopic (exact) mass is 129 g/mol. The number of hydrazine groups is 1. The smallest absolute Gasteiger partial charge is 0.0390 e. The molecule has 0 aromatic rings. The predicted molar refractivity (Wildman–Crippen MR) is 37.6 cm³/mol. The molecule has 1 aliphatic heterocycles. The van der Waals surface area contributed by atoms with Crippen molar-refractivity contribution in [3.63, 3.8) is 0 Å². The van der Waals surface area contributed by atoms with E-state index in [-0.39, 0.29) is 0 Å². The van der Waals surface area contributed by atoms with Gasteiger partial charge in [-0.2, -0.15) is 0 Å². The minimum absolute atomic E-state index is 0.306. The first-order valence-electron chi connectivity index (χ1n) is 3.52. The average Bonchev–Trinajstić information content (AvgIpc) is 2.12. The van der Waals surface area contributed by atoms with Crippen molar-refractivity contribution in [2.24, 2.45) is 11.6 Å². The second kappa shape index (κ2) is 2.64. The van der Waals surface area contributed by atoms with E-state index in [4.69, 9.17) is 11.6 Å². The van der Waals surface area contributed by atoms with Crippen molar-refractivity contribution in [3.05, 3.63) is 0 Å². The van der Waals surface area contributed by atoms with Gasteiger partial charge in [-0.15, -0.1) is 0 Å². The van der Waals surface area contributed by atoms with Crippen LogP contribution in [0.25, 0.3) is 0 Å². The van der Waals surface area contributed by atoms with Crippen LogP contribution in [0.1, 0.15) is 19.8 Å². The molecule has 0 amide bonds. The molecular weight excluding hydrogens is 114 g/mol. The van der Waals surface area contributed by atoms with Crippen molar-refractivity contribution in [2.75, 3.05) is 6.54 Å². The van der Waals surface area contributed by atoms with Crippen molar-refractivity contribution < 1.29 is 0 Å². The van der Waals surface area contributed by atoms with Crippen LogP contribution in [-0.4, -0.2) is 23.6 Å². The fraction of sp³-hybridized carbons (Fsp3) is 1.00. The molecule has 0 spiro atoms. The SMILES string of the molecule is CCC1C(N)CCN1N. The summed E-state index contributed by atoms with van der Waals surface area (Å²) in [4.78, 5) is 0. The molecule has 0 aromatic heterocycles. The Morgan fingerprint density at radius 3 is 2.56 bits per heavy atom. The molecule has 0 saturated carbocycles. The number of nitrogens with two attached hydrogens (primary N) is 2. The van der Waals surface area contributed by atoms with Gasteiger partial charge in [0.25, 0.3) is 0 Å². The molecule has 3 nitrogen and oxygen atoms in total. The third-order valence-corrected chi connectivity index (χ3v) is 2.06. The zero-order chi connectivity index (χ0) is 6.85. The van der Waals surface area contributed by atoms with E-state index in [0.717, 1.165) is 19.4 Å². The quantitative estimate of drug-likeness (QED) is 0.477. The molecule has 2 atom stereocenters. The van der Waals surface area contributed by atoms with Gasteiger partial charge in [0, 0.05) is 18.6 Å². The van der Waals surface area contributed by atoms with Gasteiger partial charge in [-0.1, -0.05) is 6.92 Å². The van der Waals surface area contributed by atoms with Crippen LogP contribution in [0.4, 0.5) is 0 Å². The number of hydrogen-bond donors (Lipinski definition) is 2. The van der Waals surface area contributed by atoms with Crippen molar-refractivity contribution in [2.45, 2.75) is 31.8 Å². The molecule has 1 saturated heterocycles. The van der Waals surface area contributed by atoms with Gasteiger partial charge >= 0.3 is 0 Å². The largest absolute Gasteiger partial charge is 0.326 e. The van der Waals surface area contributed by atoms with Crippen LogP contribution in [0, 0.1) is 0 Å². The fourth-order valence-corrected chi connectivity index (χ4v) is 1.44. The van der Waals surface area contributed by atoms with Crippen molar-refractivity contribution >= 4 is 0 Å². The summed E-state index contributed by atoms with van der Waals surface area (Å²) in [7, 11) is 0. The van der Waals surface area contributed by atoms with E-state index in [0.29, 0.717) is 12.1 Å². The van der Waals surface area contributed by atoms with Gasteiger partial charge in [0.15, 0.2) is 0 Å². The Balaban J connectivity index is 2.44. The Labute approximate surface area is 56.0 Å². The highest BCUT2D eigenvalue weighted by Crippen LogP contribution is 2.14. The Hall–Kier alpha value is -0.120. The second-order valence-electron chi connectivity index (χ2n) is 2.67. The molecule has 1 aliphatic rings. The van der Waals surface area contributed by atoms with Gasteiger partial charge < -0.3 is 5.73 Å². The summed E-state index contributed by atoms with van der Waals surface area (Å²) in [5.41, 5.74) is 5.76. The Kier molecular flexibility index (Phi) is 2.05. The summed E-state index contributed by atoms with van der Waals surface area (Å²) in [6, 6.07) is 0.727. The van der Waals surface area contributed by atoms with E-state index in [1.165, 1.54) is 0 Å². The molecule has 3 heteroatoms. The fourth-order valence-electron chi connectivity index (χ4n) is 1.44. The number of hydrogen-bond acceptors (Lipinski definition) is 3. The van der Waals surface area contributed by atoms with E-state index in [1.807, 2.05) is 5.01 Å². The second-order valence-corrected chi connectivity index (χ2v) is 2.67. The summed E-state index contributed by atoms with van der Waals surface area (Å²) in [6.07, 6.45) is 2.12. The van der Waals surface area contributed by atoms with Gasteiger partial charge in [0.2, 0.25) is 0 Å². The molecule has 54 valence electrons. The first-order valence-corrected chi connectivity index (χ1v) is 3.52. The maximum absolute atomic E-state index is 5.76. The highest BCUT2D eigenvalue weighted by atomic mass is 15.4. The summed E-state index contributed by atoms with van der Waals surface area (Å²) in [5.74, 6) is 5.63. The summed E-state index contributed by atoms with van der Waals surface area (Å²) in [6.45, 7) is 3.08. The van der Waals surface area contributed by atoms with Crippen LogP contribution in [0.2, 0.25) is 0 Å². The first-order chi connectivity index (χ1) is 4.25. The molecule has 0 aromatic carbocycles. The molecule has 0 bridgehead atoms. The Morgan fingerprint density at radius 1 is 1.67 bits per heavy atom. The zero-order valence-corrected chi connectivity index (χ0v) is 5.88. The molecule has 9 heavy (non-hydrogen) atoms. The summed E-state index contributed by atoms with van der Waals surface area (Å²) in [5, 5.41) is 1.85. The van der Waals surface area contributed by atoms with Gasteiger partial charge in [0.1, 0.15) is 0 Å². The lowest BCUT2D eigenvalue weighted by atomic mass is 10.1.